The van der Waals surface area contributed by atoms with E-state index < -0.39 is 0 Å². The van der Waals surface area contributed by atoms with Crippen molar-refractivity contribution < 1.29 is 0 Å². The number of hydrogen-bond acceptors (Lipinski definition) is 2. The molecular formula is C16H32N2. The van der Waals surface area contributed by atoms with Crippen LogP contribution in [0.1, 0.15) is 71.6 Å². The van der Waals surface area contributed by atoms with Gasteiger partial charge in [-0.15, -0.1) is 0 Å². The Hall–Kier alpha value is -0.0800. The summed E-state index contributed by atoms with van der Waals surface area (Å²) in [5, 5.41) is 0. The summed E-state index contributed by atoms with van der Waals surface area (Å²) in [5.41, 5.74) is 3.23. The van der Waals surface area contributed by atoms with Crippen molar-refractivity contribution in [2.75, 3.05) is 0 Å². The van der Waals surface area contributed by atoms with Crippen molar-refractivity contribution in [2.45, 2.75) is 77.7 Å². The smallest absolute Gasteiger partial charge is 0.0269 e. The third-order valence-corrected chi connectivity index (χ3v) is 5.63. The summed E-state index contributed by atoms with van der Waals surface area (Å²) in [6, 6.07) is 0.581. The molecule has 2 aliphatic rings. The van der Waals surface area contributed by atoms with Gasteiger partial charge in [-0.1, -0.05) is 52.4 Å². The van der Waals surface area contributed by atoms with E-state index in [1.807, 2.05) is 0 Å². The van der Waals surface area contributed by atoms with Crippen molar-refractivity contribution in [1.29, 1.82) is 0 Å². The summed E-state index contributed by atoms with van der Waals surface area (Å²) in [6.45, 7) is 4.78. The molecule has 5 unspecified atom stereocenters. The van der Waals surface area contributed by atoms with Gasteiger partial charge in [0.2, 0.25) is 0 Å². The fraction of sp³-hybridized carbons (Fsp3) is 1.00. The zero-order valence-corrected chi connectivity index (χ0v) is 12.3. The SMILES string of the molecule is CCC1CCCCC1C(NN)C1CCCC(C)C1. The zero-order valence-electron chi connectivity index (χ0n) is 12.3. The van der Waals surface area contributed by atoms with Crippen LogP contribution in [0.15, 0.2) is 0 Å². The molecule has 106 valence electrons. The first-order chi connectivity index (χ1) is 8.76. The Morgan fingerprint density at radius 3 is 2.56 bits per heavy atom. The molecule has 0 saturated heterocycles. The molecule has 2 aliphatic carbocycles. The molecule has 3 N–H and O–H groups in total. The van der Waals surface area contributed by atoms with E-state index in [1.54, 1.807) is 0 Å². The predicted molar refractivity (Wildman–Crippen MR) is 78.0 cm³/mol. The van der Waals surface area contributed by atoms with Crippen molar-refractivity contribution in [2.24, 2.45) is 29.5 Å². The Labute approximate surface area is 113 Å². The normalized spacial score (nSPS) is 39.5. The van der Waals surface area contributed by atoms with Gasteiger partial charge in [0.15, 0.2) is 0 Å². The van der Waals surface area contributed by atoms with Crippen molar-refractivity contribution >= 4 is 0 Å². The monoisotopic (exact) mass is 252 g/mol. The van der Waals surface area contributed by atoms with Gasteiger partial charge in [0.25, 0.3) is 0 Å². The second-order valence-electron chi connectivity index (χ2n) is 6.84. The number of hydrazine groups is 1. The fourth-order valence-corrected chi connectivity index (χ4v) is 4.63. The second-order valence-corrected chi connectivity index (χ2v) is 6.84. The Morgan fingerprint density at radius 2 is 1.89 bits per heavy atom. The molecule has 2 fully saturated rings. The molecule has 2 heteroatoms. The van der Waals surface area contributed by atoms with Crippen molar-refractivity contribution in [3.05, 3.63) is 0 Å². The van der Waals surface area contributed by atoms with Crippen LogP contribution < -0.4 is 11.3 Å². The molecule has 2 rings (SSSR count). The third-order valence-electron chi connectivity index (χ3n) is 5.63. The molecule has 0 aromatic rings. The molecule has 0 aromatic heterocycles. The third kappa shape index (κ3) is 3.27. The van der Waals surface area contributed by atoms with Crippen LogP contribution in [0.25, 0.3) is 0 Å². The van der Waals surface area contributed by atoms with E-state index in [-0.39, 0.29) is 0 Å². The average molecular weight is 252 g/mol. The van der Waals surface area contributed by atoms with Gasteiger partial charge in [-0.3, -0.25) is 11.3 Å². The average Bonchev–Trinajstić information content (AvgIpc) is 2.40. The highest BCUT2D eigenvalue weighted by atomic mass is 15.2. The summed E-state index contributed by atoms with van der Waals surface area (Å²) < 4.78 is 0. The van der Waals surface area contributed by atoms with Gasteiger partial charge in [-0.2, -0.15) is 0 Å². The molecule has 0 aliphatic heterocycles. The van der Waals surface area contributed by atoms with E-state index in [9.17, 15) is 0 Å². The fourth-order valence-electron chi connectivity index (χ4n) is 4.63. The van der Waals surface area contributed by atoms with E-state index >= 15 is 0 Å². The zero-order chi connectivity index (χ0) is 13.0. The number of hydrogen-bond donors (Lipinski definition) is 2. The second kappa shape index (κ2) is 6.91. The molecule has 0 heterocycles. The maximum absolute atomic E-state index is 5.95. The lowest BCUT2D eigenvalue weighted by Gasteiger charge is -2.42. The van der Waals surface area contributed by atoms with Crippen LogP contribution in [0.5, 0.6) is 0 Å². The van der Waals surface area contributed by atoms with Crippen LogP contribution in [0.4, 0.5) is 0 Å². The molecule has 0 spiro atoms. The van der Waals surface area contributed by atoms with Crippen LogP contribution in [-0.4, -0.2) is 6.04 Å². The molecule has 2 saturated carbocycles. The molecule has 0 bridgehead atoms. The molecule has 0 aromatic carbocycles. The minimum Gasteiger partial charge on any atom is -0.271 e. The quantitative estimate of drug-likeness (QED) is 0.589. The van der Waals surface area contributed by atoms with Crippen LogP contribution in [-0.2, 0) is 0 Å². The maximum atomic E-state index is 5.95. The lowest BCUT2D eigenvalue weighted by Crippen LogP contribution is -2.50. The first-order valence-electron chi connectivity index (χ1n) is 8.22. The van der Waals surface area contributed by atoms with E-state index in [0.717, 1.165) is 23.7 Å². The topological polar surface area (TPSA) is 38.0 Å². The van der Waals surface area contributed by atoms with Gasteiger partial charge in [0.05, 0.1) is 0 Å². The van der Waals surface area contributed by atoms with Crippen LogP contribution in [0, 0.1) is 23.7 Å². The molecule has 2 nitrogen and oxygen atoms in total. The number of nitrogens with one attached hydrogen (secondary N) is 1. The summed E-state index contributed by atoms with van der Waals surface area (Å²) in [4.78, 5) is 0. The van der Waals surface area contributed by atoms with Crippen molar-refractivity contribution in [3.63, 3.8) is 0 Å². The summed E-state index contributed by atoms with van der Waals surface area (Å²) >= 11 is 0. The van der Waals surface area contributed by atoms with E-state index in [4.69, 9.17) is 5.84 Å². The van der Waals surface area contributed by atoms with Gasteiger partial charge >= 0.3 is 0 Å². The van der Waals surface area contributed by atoms with Crippen LogP contribution in [0.3, 0.4) is 0 Å². The van der Waals surface area contributed by atoms with Gasteiger partial charge in [-0.05, 0) is 42.9 Å². The summed E-state index contributed by atoms with van der Waals surface area (Å²) in [6.07, 6.45) is 12.6. The maximum Gasteiger partial charge on any atom is 0.0269 e. The Morgan fingerprint density at radius 1 is 1.11 bits per heavy atom. The highest BCUT2D eigenvalue weighted by Gasteiger charge is 2.36. The Bertz CT molecular complexity index is 241. The highest BCUT2D eigenvalue weighted by Crippen LogP contribution is 2.40. The molecule has 18 heavy (non-hydrogen) atoms. The van der Waals surface area contributed by atoms with Gasteiger partial charge < -0.3 is 0 Å². The largest absolute Gasteiger partial charge is 0.271 e. The first kappa shape index (κ1) is 14.3. The molecule has 0 radical (unpaired) electrons. The lowest BCUT2D eigenvalue weighted by atomic mass is 9.67. The van der Waals surface area contributed by atoms with E-state index in [0.29, 0.717) is 6.04 Å². The van der Waals surface area contributed by atoms with E-state index in [2.05, 4.69) is 19.3 Å². The molecule has 0 amide bonds. The van der Waals surface area contributed by atoms with Gasteiger partial charge in [-0.25, -0.2) is 0 Å². The minimum atomic E-state index is 0.581. The minimum absolute atomic E-state index is 0.581. The molecular weight excluding hydrogens is 220 g/mol. The lowest BCUT2D eigenvalue weighted by molar-refractivity contribution is 0.107. The standard InChI is InChI=1S/C16H32N2/c1-3-13-8-4-5-10-15(13)16(18-17)14-9-6-7-12(2)11-14/h12-16,18H,3-11,17H2,1-2H3. The van der Waals surface area contributed by atoms with E-state index in [1.165, 1.54) is 57.8 Å². The number of rotatable bonds is 4. The highest BCUT2D eigenvalue weighted by molar-refractivity contribution is 4.89. The van der Waals surface area contributed by atoms with Gasteiger partial charge in [0, 0.05) is 6.04 Å². The summed E-state index contributed by atoms with van der Waals surface area (Å²) in [5.74, 6) is 9.43. The molecule has 5 atom stereocenters. The Balaban J connectivity index is 2.01. The van der Waals surface area contributed by atoms with Gasteiger partial charge in [0.1, 0.15) is 0 Å². The van der Waals surface area contributed by atoms with Crippen LogP contribution in [0.2, 0.25) is 0 Å². The Kier molecular flexibility index (Phi) is 5.50. The number of nitrogens with two attached hydrogens (primary N) is 1. The first-order valence-corrected chi connectivity index (χ1v) is 8.22. The van der Waals surface area contributed by atoms with Crippen molar-refractivity contribution in [1.82, 2.24) is 5.43 Å². The van der Waals surface area contributed by atoms with Crippen molar-refractivity contribution in [3.8, 4) is 0 Å². The van der Waals surface area contributed by atoms with Crippen LogP contribution >= 0.6 is 0 Å². The predicted octanol–water partition coefficient (Wildman–Crippen LogP) is 3.86. The summed E-state index contributed by atoms with van der Waals surface area (Å²) in [7, 11) is 0.